The van der Waals surface area contributed by atoms with Crippen molar-refractivity contribution in [3.8, 4) is 5.13 Å². The van der Waals surface area contributed by atoms with Crippen LogP contribution in [0.15, 0.2) is 17.1 Å². The summed E-state index contributed by atoms with van der Waals surface area (Å²) in [5, 5.41) is 0.840. The molecule has 3 rings (SSSR count). The Morgan fingerprint density at radius 3 is 2.38 bits per heavy atom. The van der Waals surface area contributed by atoms with Gasteiger partial charge >= 0.3 is 7.12 Å². The van der Waals surface area contributed by atoms with E-state index in [4.69, 9.17) is 9.31 Å². The SMILES string of the molecule is Cc1cn(-c2nc(Br)c(B3OC(C)(C)C(C)(C)O3)s2)cn1. The lowest BCUT2D eigenvalue weighted by Gasteiger charge is -2.32. The number of nitrogens with zero attached hydrogens (tertiary/aromatic N) is 3. The molecule has 1 aliphatic rings. The fourth-order valence-electron chi connectivity index (χ4n) is 2.03. The highest BCUT2D eigenvalue weighted by Gasteiger charge is 2.53. The summed E-state index contributed by atoms with van der Waals surface area (Å²) in [6.45, 7) is 10.1. The van der Waals surface area contributed by atoms with Crippen molar-refractivity contribution in [1.82, 2.24) is 14.5 Å². The van der Waals surface area contributed by atoms with Crippen LogP contribution in [-0.2, 0) is 9.31 Å². The van der Waals surface area contributed by atoms with E-state index in [1.165, 1.54) is 11.3 Å². The number of aromatic nitrogens is 3. The maximum Gasteiger partial charge on any atom is 0.508 e. The van der Waals surface area contributed by atoms with E-state index in [1.807, 2.05) is 45.4 Å². The van der Waals surface area contributed by atoms with Crippen LogP contribution >= 0.6 is 27.3 Å². The molecule has 0 bridgehead atoms. The summed E-state index contributed by atoms with van der Waals surface area (Å²) < 4.78 is 15.8. The van der Waals surface area contributed by atoms with Crippen molar-refractivity contribution in [2.45, 2.75) is 45.8 Å². The molecule has 2 aromatic rings. The highest BCUT2D eigenvalue weighted by Crippen LogP contribution is 2.37. The van der Waals surface area contributed by atoms with Gasteiger partial charge in [-0.15, -0.1) is 11.3 Å². The third-order valence-electron chi connectivity index (χ3n) is 4.00. The Kier molecular flexibility index (Phi) is 3.55. The first-order valence-corrected chi connectivity index (χ1v) is 8.33. The summed E-state index contributed by atoms with van der Waals surface area (Å²) in [6.07, 6.45) is 3.70. The van der Waals surface area contributed by atoms with Crippen molar-refractivity contribution in [2.24, 2.45) is 0 Å². The number of imidazole rings is 1. The summed E-state index contributed by atoms with van der Waals surface area (Å²) in [7, 11) is -0.403. The van der Waals surface area contributed by atoms with E-state index in [-0.39, 0.29) is 11.2 Å². The zero-order chi connectivity index (χ0) is 15.4. The number of rotatable bonds is 2. The minimum atomic E-state index is -0.403. The molecule has 0 spiro atoms. The van der Waals surface area contributed by atoms with Crippen molar-refractivity contribution >= 4 is 39.2 Å². The van der Waals surface area contributed by atoms with Gasteiger partial charge in [-0.2, -0.15) is 0 Å². The molecule has 1 saturated heterocycles. The van der Waals surface area contributed by atoms with Crippen LogP contribution in [0.3, 0.4) is 0 Å². The number of hydrogen-bond donors (Lipinski definition) is 0. The molecule has 112 valence electrons. The van der Waals surface area contributed by atoms with Crippen molar-refractivity contribution in [3.05, 3.63) is 22.8 Å². The smallest absolute Gasteiger partial charge is 0.399 e. The van der Waals surface area contributed by atoms with E-state index < -0.39 is 7.12 Å². The molecule has 0 amide bonds. The molecule has 0 N–H and O–H groups in total. The van der Waals surface area contributed by atoms with Gasteiger partial charge in [-0.3, -0.25) is 4.57 Å². The molecule has 0 aromatic carbocycles. The maximum absolute atomic E-state index is 6.08. The van der Waals surface area contributed by atoms with Gasteiger partial charge in [0, 0.05) is 6.20 Å². The van der Waals surface area contributed by atoms with E-state index in [1.54, 1.807) is 6.33 Å². The second-order valence-corrected chi connectivity index (χ2v) is 7.92. The molecule has 8 heteroatoms. The molecule has 0 radical (unpaired) electrons. The van der Waals surface area contributed by atoms with E-state index in [0.29, 0.717) is 0 Å². The Labute approximate surface area is 137 Å². The van der Waals surface area contributed by atoms with Gasteiger partial charge in [0.1, 0.15) is 10.9 Å². The summed E-state index contributed by atoms with van der Waals surface area (Å²) in [5.41, 5.74) is 0.248. The minimum absolute atomic E-state index is 0.354. The van der Waals surface area contributed by atoms with Crippen LogP contribution in [0.25, 0.3) is 5.13 Å². The molecule has 3 heterocycles. The molecule has 21 heavy (non-hydrogen) atoms. The molecule has 2 aromatic heterocycles. The number of aryl methyl sites for hydroxylation is 1. The van der Waals surface area contributed by atoms with Gasteiger partial charge in [0.2, 0.25) is 0 Å². The first kappa shape index (κ1) is 15.2. The molecule has 1 aliphatic heterocycles. The lowest BCUT2D eigenvalue weighted by atomic mass is 9.89. The van der Waals surface area contributed by atoms with E-state index in [9.17, 15) is 0 Å². The Balaban J connectivity index is 1.93. The summed E-state index contributed by atoms with van der Waals surface area (Å²) in [5.74, 6) is 0. The van der Waals surface area contributed by atoms with Gasteiger partial charge in [-0.05, 0) is 50.5 Å². The first-order valence-electron chi connectivity index (χ1n) is 6.72. The predicted molar refractivity (Wildman–Crippen MR) is 87.4 cm³/mol. The Morgan fingerprint density at radius 2 is 1.86 bits per heavy atom. The van der Waals surface area contributed by atoms with Gasteiger partial charge in [0.25, 0.3) is 0 Å². The third-order valence-corrected chi connectivity index (χ3v) is 5.96. The standard InChI is InChI=1S/C13H17BBrN3O2S/c1-8-6-18(7-16-8)11-17-10(15)9(21-11)14-19-12(2,3)13(4,5)20-14/h6-7H,1-5H3. The quantitative estimate of drug-likeness (QED) is 0.763. The van der Waals surface area contributed by atoms with E-state index in [0.717, 1.165) is 20.2 Å². The van der Waals surface area contributed by atoms with Crippen molar-refractivity contribution in [2.75, 3.05) is 0 Å². The summed E-state index contributed by atoms with van der Waals surface area (Å²) in [6, 6.07) is 0. The Morgan fingerprint density at radius 1 is 1.24 bits per heavy atom. The first-order chi connectivity index (χ1) is 9.69. The third kappa shape index (κ3) is 2.58. The van der Waals surface area contributed by atoms with Crippen LogP contribution in [-0.4, -0.2) is 32.9 Å². The van der Waals surface area contributed by atoms with Crippen LogP contribution in [0, 0.1) is 6.92 Å². The molecular weight excluding hydrogens is 353 g/mol. The largest absolute Gasteiger partial charge is 0.508 e. The zero-order valence-corrected chi connectivity index (χ0v) is 15.1. The molecule has 0 unspecified atom stereocenters. The van der Waals surface area contributed by atoms with Gasteiger partial charge in [-0.25, -0.2) is 9.97 Å². The van der Waals surface area contributed by atoms with Crippen molar-refractivity contribution < 1.29 is 9.31 Å². The minimum Gasteiger partial charge on any atom is -0.399 e. The molecular formula is C13H17BBrN3O2S. The highest BCUT2D eigenvalue weighted by molar-refractivity contribution is 9.10. The molecule has 1 fully saturated rings. The van der Waals surface area contributed by atoms with Crippen LogP contribution in [0.5, 0.6) is 0 Å². The van der Waals surface area contributed by atoms with Crippen LogP contribution in [0.2, 0.25) is 0 Å². The molecule has 0 atom stereocenters. The fourth-order valence-corrected chi connectivity index (χ4v) is 3.61. The second kappa shape index (κ2) is 4.91. The second-order valence-electron chi connectivity index (χ2n) is 6.16. The lowest BCUT2D eigenvalue weighted by Crippen LogP contribution is -2.41. The summed E-state index contributed by atoms with van der Waals surface area (Å²) in [4.78, 5) is 8.76. The number of hydrogen-bond acceptors (Lipinski definition) is 5. The molecule has 0 saturated carbocycles. The monoisotopic (exact) mass is 369 g/mol. The maximum atomic E-state index is 6.08. The molecule has 5 nitrogen and oxygen atoms in total. The normalized spacial score (nSPS) is 20.2. The van der Waals surface area contributed by atoms with Crippen LogP contribution in [0.4, 0.5) is 0 Å². The van der Waals surface area contributed by atoms with Crippen LogP contribution < -0.4 is 4.78 Å². The topological polar surface area (TPSA) is 49.2 Å². The van der Waals surface area contributed by atoms with E-state index in [2.05, 4.69) is 25.9 Å². The Hall–Kier alpha value is -0.695. The van der Waals surface area contributed by atoms with Crippen LogP contribution in [0.1, 0.15) is 33.4 Å². The highest BCUT2D eigenvalue weighted by atomic mass is 79.9. The number of thiazole rings is 1. The van der Waals surface area contributed by atoms with E-state index >= 15 is 0 Å². The van der Waals surface area contributed by atoms with Gasteiger partial charge in [0.05, 0.1) is 21.7 Å². The Bertz CT molecular complexity index is 667. The predicted octanol–water partition coefficient (Wildman–Crippen LogP) is 2.70. The van der Waals surface area contributed by atoms with Gasteiger partial charge in [-0.1, -0.05) is 0 Å². The van der Waals surface area contributed by atoms with Gasteiger partial charge < -0.3 is 9.31 Å². The average molecular weight is 370 g/mol. The van der Waals surface area contributed by atoms with Gasteiger partial charge in [0.15, 0.2) is 5.13 Å². The fraction of sp³-hybridized carbons (Fsp3) is 0.538. The number of halogens is 1. The van der Waals surface area contributed by atoms with Crippen molar-refractivity contribution in [3.63, 3.8) is 0 Å². The summed E-state index contributed by atoms with van der Waals surface area (Å²) >= 11 is 5.05. The average Bonchev–Trinajstić information content (AvgIpc) is 2.98. The molecule has 0 aliphatic carbocycles. The lowest BCUT2D eigenvalue weighted by molar-refractivity contribution is 0.00578. The van der Waals surface area contributed by atoms with Crippen molar-refractivity contribution in [1.29, 1.82) is 0 Å². The zero-order valence-electron chi connectivity index (χ0n) is 12.7.